The van der Waals surface area contributed by atoms with Crippen molar-refractivity contribution < 1.29 is 14.3 Å². The molecule has 3 atom stereocenters. The second kappa shape index (κ2) is 11.6. The van der Waals surface area contributed by atoms with E-state index in [1.165, 1.54) is 6.08 Å². The molecular formula is C28H31Cl2N5O3. The Morgan fingerprint density at radius 1 is 1.18 bits per heavy atom. The zero-order valence-electron chi connectivity index (χ0n) is 21.8. The number of aromatic nitrogens is 2. The number of benzene rings is 2. The van der Waals surface area contributed by atoms with Crippen LogP contribution in [-0.4, -0.2) is 60.0 Å². The highest BCUT2D eigenvalue weighted by molar-refractivity contribution is 6.40. The molecule has 2 aromatic carbocycles. The maximum Gasteiger partial charge on any atom is 0.243 e. The number of rotatable bonds is 8. The van der Waals surface area contributed by atoms with Gasteiger partial charge in [-0.25, -0.2) is 9.97 Å². The molecule has 1 saturated carbocycles. The van der Waals surface area contributed by atoms with Crippen molar-refractivity contribution in [3.63, 3.8) is 0 Å². The van der Waals surface area contributed by atoms with Crippen molar-refractivity contribution in [1.82, 2.24) is 20.2 Å². The van der Waals surface area contributed by atoms with Crippen LogP contribution in [0, 0.1) is 5.92 Å². The molecule has 10 heteroatoms. The molecule has 1 heterocycles. The number of halogens is 2. The smallest absolute Gasteiger partial charge is 0.243 e. The second-order valence-electron chi connectivity index (χ2n) is 9.53. The van der Waals surface area contributed by atoms with E-state index in [1.807, 2.05) is 31.2 Å². The van der Waals surface area contributed by atoms with E-state index in [4.69, 9.17) is 27.9 Å². The molecule has 0 saturated heterocycles. The Balaban J connectivity index is 1.63. The summed E-state index contributed by atoms with van der Waals surface area (Å²) in [6.07, 6.45) is 4.76. The first-order valence-electron chi connectivity index (χ1n) is 12.4. The van der Waals surface area contributed by atoms with Crippen LogP contribution in [0.2, 0.25) is 10.0 Å². The van der Waals surface area contributed by atoms with E-state index in [-0.39, 0.29) is 29.8 Å². The Bertz CT molecular complexity index is 1370. The van der Waals surface area contributed by atoms with Crippen LogP contribution in [-0.2, 0) is 16.0 Å². The molecule has 0 aliphatic heterocycles. The number of anilines is 1. The highest BCUT2D eigenvalue weighted by atomic mass is 35.5. The van der Waals surface area contributed by atoms with Crippen molar-refractivity contribution in [1.29, 1.82) is 0 Å². The summed E-state index contributed by atoms with van der Waals surface area (Å²) in [6, 6.07) is 7.13. The quantitative estimate of drug-likeness (QED) is 0.374. The van der Waals surface area contributed by atoms with Gasteiger partial charge in [-0.05, 0) is 54.7 Å². The number of methoxy groups -OCH3 is 1. The van der Waals surface area contributed by atoms with E-state index in [9.17, 15) is 9.59 Å². The van der Waals surface area contributed by atoms with Crippen LogP contribution in [0.3, 0.4) is 0 Å². The Hall–Kier alpha value is -3.36. The zero-order valence-corrected chi connectivity index (χ0v) is 23.4. The molecule has 0 bridgehead atoms. The summed E-state index contributed by atoms with van der Waals surface area (Å²) in [5.41, 5.74) is 3.21. The summed E-state index contributed by atoms with van der Waals surface area (Å²) in [5.74, 6) is 0.510. The minimum Gasteiger partial charge on any atom is -0.495 e. The number of aryl methyl sites for hydroxylation is 1. The number of amides is 2. The molecule has 8 nitrogen and oxygen atoms in total. The number of fused-ring (bicyclic) bond motifs is 1. The maximum absolute atomic E-state index is 12.6. The molecule has 200 valence electrons. The van der Waals surface area contributed by atoms with Gasteiger partial charge in [-0.1, -0.05) is 42.8 Å². The lowest BCUT2D eigenvalue weighted by atomic mass is 9.99. The van der Waals surface area contributed by atoms with Crippen LogP contribution in [0.1, 0.15) is 25.3 Å². The molecular weight excluding hydrogens is 525 g/mol. The first kappa shape index (κ1) is 27.7. The fourth-order valence-corrected chi connectivity index (χ4v) is 5.69. The fraction of sp³-hybridized carbons (Fsp3) is 0.357. The van der Waals surface area contributed by atoms with Gasteiger partial charge in [0.05, 0.1) is 34.8 Å². The van der Waals surface area contributed by atoms with Crippen LogP contribution in [0.4, 0.5) is 5.95 Å². The third-order valence-corrected chi connectivity index (χ3v) is 7.70. The predicted octanol–water partition coefficient (Wildman–Crippen LogP) is 5.12. The van der Waals surface area contributed by atoms with Gasteiger partial charge in [0.1, 0.15) is 5.75 Å². The summed E-state index contributed by atoms with van der Waals surface area (Å²) in [4.78, 5) is 35.4. The fourth-order valence-electron chi connectivity index (χ4n) is 4.91. The summed E-state index contributed by atoms with van der Waals surface area (Å²) < 4.78 is 5.47. The van der Waals surface area contributed by atoms with Crippen LogP contribution in [0.5, 0.6) is 5.75 Å². The molecule has 2 amide bonds. The Kier molecular flexibility index (Phi) is 8.43. The van der Waals surface area contributed by atoms with Gasteiger partial charge in [0.2, 0.25) is 17.8 Å². The molecule has 0 spiro atoms. The van der Waals surface area contributed by atoms with Crippen molar-refractivity contribution in [2.75, 3.05) is 26.5 Å². The number of hydrogen-bond acceptors (Lipinski definition) is 6. The third kappa shape index (κ3) is 5.56. The van der Waals surface area contributed by atoms with Gasteiger partial charge in [-0.3, -0.25) is 9.59 Å². The van der Waals surface area contributed by atoms with E-state index >= 15 is 0 Å². The summed E-state index contributed by atoms with van der Waals surface area (Å²) in [5, 5.41) is 8.11. The third-order valence-electron chi connectivity index (χ3n) is 6.89. The standard InChI is InChI=1S/C28H31Cl2N5O3/c1-6-15-13-22(38-5)26(30)24(25(15)29)16-8-9-19-18(10-16)14-31-28(33-19)34-21-12-17(27(37)35(3)4)11-20(21)32-23(36)7-2/h7-10,13-14,17,20-21H,2,6,11-12H2,1,3-5H3,(H,32,36)(H,31,33,34)/t17-,20-,21+/m0/s1. The van der Waals surface area contributed by atoms with Crippen molar-refractivity contribution >= 4 is 51.9 Å². The molecule has 1 aliphatic carbocycles. The van der Waals surface area contributed by atoms with E-state index in [1.54, 1.807) is 32.3 Å². The molecule has 0 unspecified atom stereocenters. The average molecular weight is 556 g/mol. The van der Waals surface area contributed by atoms with Crippen molar-refractivity contribution in [3.05, 3.63) is 58.7 Å². The summed E-state index contributed by atoms with van der Waals surface area (Å²) in [6.45, 7) is 5.56. The van der Waals surface area contributed by atoms with Crippen molar-refractivity contribution in [2.24, 2.45) is 5.92 Å². The first-order chi connectivity index (χ1) is 18.2. The van der Waals surface area contributed by atoms with Gasteiger partial charge in [0.25, 0.3) is 0 Å². The summed E-state index contributed by atoms with van der Waals surface area (Å²) >= 11 is 13.4. The van der Waals surface area contributed by atoms with Crippen LogP contribution >= 0.6 is 23.2 Å². The molecule has 4 rings (SSSR count). The van der Waals surface area contributed by atoms with E-state index in [2.05, 4.69) is 27.2 Å². The maximum atomic E-state index is 12.6. The van der Waals surface area contributed by atoms with Crippen LogP contribution < -0.4 is 15.4 Å². The highest BCUT2D eigenvalue weighted by Crippen LogP contribution is 2.43. The molecule has 1 fully saturated rings. The van der Waals surface area contributed by atoms with Gasteiger partial charge in [-0.2, -0.15) is 0 Å². The van der Waals surface area contributed by atoms with Crippen LogP contribution in [0.15, 0.2) is 43.1 Å². The Morgan fingerprint density at radius 2 is 1.92 bits per heavy atom. The molecule has 3 aromatic rings. The van der Waals surface area contributed by atoms with Gasteiger partial charge in [0.15, 0.2) is 0 Å². The molecule has 38 heavy (non-hydrogen) atoms. The topological polar surface area (TPSA) is 96.5 Å². The number of nitrogens with zero attached hydrogens (tertiary/aromatic N) is 3. The SMILES string of the molecule is C=CC(=O)N[C@H]1C[C@H](C(=O)N(C)C)C[C@H]1Nc1ncc2cc(-c3c(Cl)c(CC)cc(OC)c3Cl)ccc2n1. The van der Waals surface area contributed by atoms with E-state index in [0.29, 0.717) is 40.1 Å². The van der Waals surface area contributed by atoms with Crippen molar-refractivity contribution in [2.45, 2.75) is 38.3 Å². The normalized spacial score (nSPS) is 18.7. The van der Waals surface area contributed by atoms with Gasteiger partial charge < -0.3 is 20.3 Å². The minimum absolute atomic E-state index is 0.0280. The second-order valence-corrected chi connectivity index (χ2v) is 10.3. The highest BCUT2D eigenvalue weighted by Gasteiger charge is 2.39. The lowest BCUT2D eigenvalue weighted by molar-refractivity contribution is -0.132. The van der Waals surface area contributed by atoms with E-state index in [0.717, 1.165) is 28.5 Å². The molecule has 1 aliphatic rings. The Labute approximate surface area is 232 Å². The zero-order chi connectivity index (χ0) is 27.6. The number of carbonyl (C=O) groups is 2. The monoisotopic (exact) mass is 555 g/mol. The van der Waals surface area contributed by atoms with Gasteiger partial charge >= 0.3 is 0 Å². The summed E-state index contributed by atoms with van der Waals surface area (Å²) in [7, 11) is 5.05. The lowest BCUT2D eigenvalue weighted by Gasteiger charge is -2.21. The lowest BCUT2D eigenvalue weighted by Crippen LogP contribution is -2.43. The average Bonchev–Trinajstić information content (AvgIpc) is 3.29. The molecule has 2 N–H and O–H groups in total. The first-order valence-corrected chi connectivity index (χ1v) is 13.1. The van der Waals surface area contributed by atoms with Crippen molar-refractivity contribution in [3.8, 4) is 16.9 Å². The largest absolute Gasteiger partial charge is 0.495 e. The van der Waals surface area contributed by atoms with Gasteiger partial charge in [0, 0.05) is 37.2 Å². The number of nitrogens with one attached hydrogen (secondary N) is 2. The number of carbonyl (C=O) groups excluding carboxylic acids is 2. The molecule has 0 radical (unpaired) electrons. The van der Waals surface area contributed by atoms with E-state index < -0.39 is 0 Å². The van der Waals surface area contributed by atoms with Gasteiger partial charge in [-0.15, -0.1) is 0 Å². The number of hydrogen-bond donors (Lipinski definition) is 2. The molecule has 1 aromatic heterocycles. The predicted molar refractivity (Wildman–Crippen MR) is 152 cm³/mol. The number of ether oxygens (including phenoxy) is 1. The Morgan fingerprint density at radius 3 is 2.58 bits per heavy atom. The van der Waals surface area contributed by atoms with Crippen LogP contribution in [0.25, 0.3) is 22.0 Å². The minimum atomic E-state index is -0.284.